The van der Waals surface area contributed by atoms with Crippen molar-refractivity contribution in [2.75, 3.05) is 12.3 Å². The van der Waals surface area contributed by atoms with Crippen molar-refractivity contribution in [1.29, 1.82) is 0 Å². The average Bonchev–Trinajstić information content (AvgIpc) is 2.21. The van der Waals surface area contributed by atoms with E-state index < -0.39 is 0 Å². The number of hydrogen-bond donors (Lipinski definition) is 2. The van der Waals surface area contributed by atoms with Gasteiger partial charge in [0, 0.05) is 12.1 Å². The van der Waals surface area contributed by atoms with Gasteiger partial charge in [-0.25, -0.2) is 0 Å². The van der Waals surface area contributed by atoms with Gasteiger partial charge in [0.1, 0.15) is 11.5 Å². The van der Waals surface area contributed by atoms with Crippen molar-refractivity contribution >= 4 is 21.6 Å². The van der Waals surface area contributed by atoms with Gasteiger partial charge in [-0.3, -0.25) is 0 Å². The molecule has 0 saturated heterocycles. The molecule has 0 atom stereocenters. The highest BCUT2D eigenvalue weighted by Gasteiger charge is 2.05. The molecule has 0 amide bonds. The van der Waals surface area contributed by atoms with E-state index in [4.69, 9.17) is 10.5 Å². The summed E-state index contributed by atoms with van der Waals surface area (Å²) in [4.78, 5) is 0. The van der Waals surface area contributed by atoms with E-state index in [1.807, 2.05) is 0 Å². The molecule has 0 unspecified atom stereocenters. The molecular formula is C11H16BrNO2. The first-order chi connectivity index (χ1) is 7.15. The maximum Gasteiger partial charge on any atom is 0.135 e. The molecule has 0 aromatic heterocycles. The monoisotopic (exact) mass is 273 g/mol. The number of hydrogen-bond acceptors (Lipinski definition) is 3. The van der Waals surface area contributed by atoms with Gasteiger partial charge in [-0.15, -0.1) is 0 Å². The highest BCUT2D eigenvalue weighted by Crippen LogP contribution is 2.34. The lowest BCUT2D eigenvalue weighted by Gasteiger charge is -2.08. The second-order valence-corrected chi connectivity index (χ2v) is 4.19. The number of ether oxygens (including phenoxy) is 1. The van der Waals surface area contributed by atoms with Crippen molar-refractivity contribution < 1.29 is 9.84 Å². The molecule has 4 heteroatoms. The van der Waals surface area contributed by atoms with Gasteiger partial charge in [-0.05, 0) is 22.4 Å². The third-order valence-electron chi connectivity index (χ3n) is 2.07. The molecule has 15 heavy (non-hydrogen) atoms. The predicted molar refractivity (Wildman–Crippen MR) is 65.2 cm³/mol. The second kappa shape index (κ2) is 5.85. The minimum absolute atomic E-state index is 0.112. The normalized spacial score (nSPS) is 10.3. The Balaban J connectivity index is 2.55. The Kier molecular flexibility index (Phi) is 4.75. The van der Waals surface area contributed by atoms with Crippen molar-refractivity contribution in [3.63, 3.8) is 0 Å². The van der Waals surface area contributed by atoms with Crippen LogP contribution in [-0.4, -0.2) is 11.7 Å². The number of nitrogen functional groups attached to an aromatic ring is 1. The minimum Gasteiger partial charge on any atom is -0.507 e. The number of halogens is 1. The van der Waals surface area contributed by atoms with Crippen LogP contribution in [0.4, 0.5) is 5.69 Å². The number of benzene rings is 1. The summed E-state index contributed by atoms with van der Waals surface area (Å²) in [7, 11) is 0. The van der Waals surface area contributed by atoms with E-state index in [0.29, 0.717) is 22.5 Å². The number of phenols is 1. The molecule has 0 aliphatic heterocycles. The van der Waals surface area contributed by atoms with Gasteiger partial charge in [0.2, 0.25) is 0 Å². The summed E-state index contributed by atoms with van der Waals surface area (Å²) in [6, 6.07) is 3.27. The summed E-state index contributed by atoms with van der Waals surface area (Å²) in [6.45, 7) is 2.80. The topological polar surface area (TPSA) is 55.5 Å². The molecule has 3 nitrogen and oxygen atoms in total. The van der Waals surface area contributed by atoms with Crippen molar-refractivity contribution in [2.24, 2.45) is 0 Å². The van der Waals surface area contributed by atoms with Crippen LogP contribution >= 0.6 is 15.9 Å². The minimum atomic E-state index is 0.112. The lowest BCUT2D eigenvalue weighted by atomic mass is 10.2. The van der Waals surface area contributed by atoms with Crippen LogP contribution in [0.25, 0.3) is 0 Å². The van der Waals surface area contributed by atoms with Crippen LogP contribution in [0.5, 0.6) is 11.5 Å². The summed E-state index contributed by atoms with van der Waals surface area (Å²) in [5.74, 6) is 0.727. The average molecular weight is 274 g/mol. The van der Waals surface area contributed by atoms with Gasteiger partial charge in [-0.1, -0.05) is 19.8 Å². The third kappa shape index (κ3) is 3.63. The van der Waals surface area contributed by atoms with E-state index in [1.165, 1.54) is 0 Å². The number of phenolic OH excluding ortho intramolecular Hbond substituents is 1. The molecule has 0 aliphatic carbocycles. The molecule has 1 aromatic carbocycles. The Morgan fingerprint density at radius 1 is 1.40 bits per heavy atom. The fourth-order valence-corrected chi connectivity index (χ4v) is 1.46. The van der Waals surface area contributed by atoms with E-state index in [-0.39, 0.29) is 5.75 Å². The molecule has 0 fully saturated rings. The largest absolute Gasteiger partial charge is 0.507 e. The lowest BCUT2D eigenvalue weighted by molar-refractivity contribution is 0.304. The van der Waals surface area contributed by atoms with Crippen LogP contribution in [0, 0.1) is 0 Å². The Morgan fingerprint density at radius 3 is 2.73 bits per heavy atom. The van der Waals surface area contributed by atoms with E-state index in [1.54, 1.807) is 12.1 Å². The van der Waals surface area contributed by atoms with E-state index in [2.05, 4.69) is 22.9 Å². The van der Waals surface area contributed by atoms with Gasteiger partial charge < -0.3 is 15.6 Å². The van der Waals surface area contributed by atoms with Crippen molar-refractivity contribution in [1.82, 2.24) is 0 Å². The molecule has 0 saturated carbocycles. The summed E-state index contributed by atoms with van der Waals surface area (Å²) in [6.07, 6.45) is 3.34. The zero-order valence-electron chi connectivity index (χ0n) is 8.79. The SMILES string of the molecule is CCCCCOc1cc(N)c(Br)c(O)c1. The fraction of sp³-hybridized carbons (Fsp3) is 0.455. The zero-order valence-corrected chi connectivity index (χ0v) is 10.4. The molecule has 84 valence electrons. The fourth-order valence-electron chi connectivity index (χ4n) is 1.23. The molecule has 1 rings (SSSR count). The van der Waals surface area contributed by atoms with Crippen LogP contribution < -0.4 is 10.5 Å². The highest BCUT2D eigenvalue weighted by molar-refractivity contribution is 9.10. The van der Waals surface area contributed by atoms with Crippen LogP contribution in [-0.2, 0) is 0 Å². The highest BCUT2D eigenvalue weighted by atomic mass is 79.9. The first kappa shape index (κ1) is 12.2. The number of anilines is 1. The van der Waals surface area contributed by atoms with Crippen molar-refractivity contribution in [2.45, 2.75) is 26.2 Å². The first-order valence-corrected chi connectivity index (χ1v) is 5.85. The Morgan fingerprint density at radius 2 is 2.13 bits per heavy atom. The number of unbranched alkanes of at least 4 members (excludes halogenated alkanes) is 2. The number of aromatic hydroxyl groups is 1. The van der Waals surface area contributed by atoms with Crippen LogP contribution in [0.3, 0.4) is 0 Å². The van der Waals surface area contributed by atoms with Crippen molar-refractivity contribution in [3.05, 3.63) is 16.6 Å². The quantitative estimate of drug-likeness (QED) is 0.639. The maximum atomic E-state index is 9.48. The summed E-state index contributed by atoms with van der Waals surface area (Å²) in [5, 5.41) is 9.48. The van der Waals surface area contributed by atoms with E-state index in [0.717, 1.165) is 19.3 Å². The van der Waals surface area contributed by atoms with Gasteiger partial charge in [0.25, 0.3) is 0 Å². The second-order valence-electron chi connectivity index (χ2n) is 3.40. The molecule has 0 spiro atoms. The van der Waals surface area contributed by atoms with Gasteiger partial charge in [0.15, 0.2) is 0 Å². The molecule has 0 bridgehead atoms. The standard InChI is InChI=1S/C11H16BrNO2/c1-2-3-4-5-15-8-6-9(13)11(12)10(14)7-8/h6-7,14H,2-5,13H2,1H3. The Bertz CT molecular complexity index is 305. The summed E-state index contributed by atoms with van der Waals surface area (Å²) in [5.41, 5.74) is 6.15. The van der Waals surface area contributed by atoms with E-state index >= 15 is 0 Å². The van der Waals surface area contributed by atoms with Gasteiger partial charge in [0.05, 0.1) is 16.8 Å². The van der Waals surface area contributed by atoms with Crippen LogP contribution in [0.1, 0.15) is 26.2 Å². The van der Waals surface area contributed by atoms with E-state index in [9.17, 15) is 5.11 Å². The molecule has 3 N–H and O–H groups in total. The van der Waals surface area contributed by atoms with Crippen LogP contribution in [0.15, 0.2) is 16.6 Å². The first-order valence-electron chi connectivity index (χ1n) is 5.06. The molecule has 0 heterocycles. The molecule has 0 radical (unpaired) electrons. The number of nitrogens with two attached hydrogens (primary N) is 1. The predicted octanol–water partition coefficient (Wildman–Crippen LogP) is 3.31. The molecule has 0 aliphatic rings. The lowest BCUT2D eigenvalue weighted by Crippen LogP contribution is -1.98. The summed E-state index contributed by atoms with van der Waals surface area (Å²) < 4.78 is 5.98. The molecular weight excluding hydrogens is 258 g/mol. The number of rotatable bonds is 5. The van der Waals surface area contributed by atoms with Gasteiger partial charge in [-0.2, -0.15) is 0 Å². The maximum absolute atomic E-state index is 9.48. The van der Waals surface area contributed by atoms with Crippen molar-refractivity contribution in [3.8, 4) is 11.5 Å². The Labute approximate surface area is 98.4 Å². The Hall–Kier alpha value is -0.900. The summed E-state index contributed by atoms with van der Waals surface area (Å²) >= 11 is 3.18. The zero-order chi connectivity index (χ0) is 11.3. The third-order valence-corrected chi connectivity index (χ3v) is 2.94. The van der Waals surface area contributed by atoms with Crippen LogP contribution in [0.2, 0.25) is 0 Å². The smallest absolute Gasteiger partial charge is 0.135 e. The van der Waals surface area contributed by atoms with Gasteiger partial charge >= 0.3 is 0 Å². The molecule has 1 aromatic rings.